The maximum atomic E-state index is 11.4. The predicted octanol–water partition coefficient (Wildman–Crippen LogP) is 1.75. The third-order valence-electron chi connectivity index (χ3n) is 1.92. The summed E-state index contributed by atoms with van der Waals surface area (Å²) < 4.78 is 0. The molecule has 0 heterocycles. The molecule has 1 unspecified atom stereocenters. The van der Waals surface area contributed by atoms with Gasteiger partial charge in [0.05, 0.1) is 12.2 Å². The highest BCUT2D eigenvalue weighted by molar-refractivity contribution is 7.99. The molecule has 0 aromatic heterocycles. The molecule has 0 aliphatic rings. The summed E-state index contributed by atoms with van der Waals surface area (Å²) in [5.41, 5.74) is 0.00670. The quantitative estimate of drug-likeness (QED) is 0.750. The smallest absolute Gasteiger partial charge is 0.305 e. The molecule has 2 N–H and O–H groups in total. The monoisotopic (exact) mass is 247 g/mol. The Labute approximate surface area is 101 Å². The molecule has 1 atom stereocenters. The van der Waals surface area contributed by atoms with Crippen molar-refractivity contribution in [1.82, 2.24) is 5.32 Å². The van der Waals surface area contributed by atoms with Crippen molar-refractivity contribution in [1.29, 1.82) is 0 Å². The number of amides is 1. The van der Waals surface area contributed by atoms with Gasteiger partial charge in [0.15, 0.2) is 0 Å². The zero-order chi connectivity index (χ0) is 12.8. The fraction of sp³-hybridized carbons (Fsp3) is 0.818. The van der Waals surface area contributed by atoms with Crippen molar-refractivity contribution in [2.24, 2.45) is 5.41 Å². The zero-order valence-electron chi connectivity index (χ0n) is 10.4. The van der Waals surface area contributed by atoms with Crippen molar-refractivity contribution in [2.45, 2.75) is 39.7 Å². The predicted molar refractivity (Wildman–Crippen MR) is 66.6 cm³/mol. The molecule has 0 radical (unpaired) electrons. The van der Waals surface area contributed by atoms with Crippen molar-refractivity contribution < 1.29 is 14.7 Å². The highest BCUT2D eigenvalue weighted by atomic mass is 32.2. The average molecular weight is 247 g/mol. The summed E-state index contributed by atoms with van der Waals surface area (Å²) in [4.78, 5) is 22.1. The number of carbonyl (C=O) groups excluding carboxylic acids is 1. The number of aliphatic carboxylic acids is 1. The number of hydrogen-bond acceptors (Lipinski definition) is 3. The van der Waals surface area contributed by atoms with Crippen molar-refractivity contribution >= 4 is 23.6 Å². The molecule has 0 fully saturated rings. The lowest BCUT2D eigenvalue weighted by molar-refractivity contribution is -0.137. The molecule has 0 aromatic rings. The van der Waals surface area contributed by atoms with Crippen molar-refractivity contribution in [3.63, 3.8) is 0 Å². The minimum absolute atomic E-state index is 0.00670. The van der Waals surface area contributed by atoms with Crippen LogP contribution < -0.4 is 5.32 Å². The molecule has 0 rings (SSSR count). The van der Waals surface area contributed by atoms with Crippen LogP contribution >= 0.6 is 11.8 Å². The first-order valence-corrected chi connectivity index (χ1v) is 6.64. The SMILES string of the molecule is CSCC(=O)NC(CC(=O)O)CC(C)(C)C. The molecule has 16 heavy (non-hydrogen) atoms. The summed E-state index contributed by atoms with van der Waals surface area (Å²) in [6.07, 6.45) is 2.49. The Morgan fingerprint density at radius 1 is 1.38 bits per heavy atom. The minimum Gasteiger partial charge on any atom is -0.481 e. The largest absolute Gasteiger partial charge is 0.481 e. The molecule has 0 aliphatic heterocycles. The summed E-state index contributed by atoms with van der Waals surface area (Å²) in [7, 11) is 0. The molecule has 1 amide bonds. The first-order chi connectivity index (χ1) is 7.24. The Kier molecular flexibility index (Phi) is 6.48. The van der Waals surface area contributed by atoms with Gasteiger partial charge in [0, 0.05) is 6.04 Å². The van der Waals surface area contributed by atoms with Crippen molar-refractivity contribution in [2.75, 3.05) is 12.0 Å². The Morgan fingerprint density at radius 2 is 1.94 bits per heavy atom. The van der Waals surface area contributed by atoms with Gasteiger partial charge in [-0.25, -0.2) is 0 Å². The van der Waals surface area contributed by atoms with Crippen LogP contribution in [0.2, 0.25) is 0 Å². The Balaban J connectivity index is 4.31. The summed E-state index contributed by atoms with van der Waals surface area (Å²) in [5.74, 6) is -0.595. The van der Waals surface area contributed by atoms with Crippen LogP contribution in [0.1, 0.15) is 33.6 Å². The second-order valence-electron chi connectivity index (χ2n) is 5.06. The zero-order valence-corrected chi connectivity index (χ0v) is 11.2. The van der Waals surface area contributed by atoms with Gasteiger partial charge in [-0.15, -0.1) is 0 Å². The van der Waals surface area contributed by atoms with Gasteiger partial charge in [-0.3, -0.25) is 9.59 Å². The van der Waals surface area contributed by atoms with Gasteiger partial charge in [0.1, 0.15) is 0 Å². The molecule has 5 heteroatoms. The summed E-state index contributed by atoms with van der Waals surface area (Å²) >= 11 is 1.43. The molecule has 0 bridgehead atoms. The van der Waals surface area contributed by atoms with E-state index in [0.29, 0.717) is 12.2 Å². The molecule has 0 spiro atoms. The number of rotatable bonds is 6. The number of carboxylic acids is 1. The van der Waals surface area contributed by atoms with Crippen LogP contribution in [0.25, 0.3) is 0 Å². The molecule has 4 nitrogen and oxygen atoms in total. The summed E-state index contributed by atoms with van der Waals surface area (Å²) in [5, 5.41) is 11.5. The molecular weight excluding hydrogens is 226 g/mol. The molecule has 0 saturated carbocycles. The molecular formula is C11H21NO3S. The van der Waals surface area contributed by atoms with Crippen LogP contribution in [0.4, 0.5) is 0 Å². The highest BCUT2D eigenvalue weighted by Crippen LogP contribution is 2.22. The molecule has 0 aliphatic carbocycles. The second kappa shape index (κ2) is 6.78. The van der Waals surface area contributed by atoms with Crippen LogP contribution in [-0.2, 0) is 9.59 Å². The summed E-state index contributed by atoms with van der Waals surface area (Å²) in [6.45, 7) is 6.09. The molecule has 0 saturated heterocycles. The maximum Gasteiger partial charge on any atom is 0.305 e. The second-order valence-corrected chi connectivity index (χ2v) is 5.93. The van der Waals surface area contributed by atoms with E-state index in [2.05, 4.69) is 5.32 Å². The minimum atomic E-state index is -0.876. The van der Waals surface area contributed by atoms with Crippen LogP contribution in [0, 0.1) is 5.41 Å². The Hall–Kier alpha value is -0.710. The topological polar surface area (TPSA) is 66.4 Å². The number of carbonyl (C=O) groups is 2. The normalized spacial score (nSPS) is 13.2. The van der Waals surface area contributed by atoms with E-state index in [-0.39, 0.29) is 23.8 Å². The summed E-state index contributed by atoms with van der Waals surface area (Å²) in [6, 6.07) is -0.280. The van der Waals surface area contributed by atoms with E-state index in [1.54, 1.807) is 0 Å². The van der Waals surface area contributed by atoms with E-state index >= 15 is 0 Å². The van der Waals surface area contributed by atoms with Gasteiger partial charge in [-0.05, 0) is 18.1 Å². The lowest BCUT2D eigenvalue weighted by Crippen LogP contribution is -2.39. The van der Waals surface area contributed by atoms with E-state index in [1.165, 1.54) is 11.8 Å². The Bertz CT molecular complexity index is 248. The third kappa shape index (κ3) is 8.59. The van der Waals surface area contributed by atoms with Crippen LogP contribution in [0.15, 0.2) is 0 Å². The van der Waals surface area contributed by atoms with E-state index < -0.39 is 5.97 Å². The lowest BCUT2D eigenvalue weighted by atomic mass is 9.87. The molecule has 0 aromatic carbocycles. The van der Waals surface area contributed by atoms with Crippen molar-refractivity contribution in [3.05, 3.63) is 0 Å². The van der Waals surface area contributed by atoms with Gasteiger partial charge in [0.25, 0.3) is 0 Å². The third-order valence-corrected chi connectivity index (χ3v) is 2.47. The van der Waals surface area contributed by atoms with Gasteiger partial charge >= 0.3 is 5.97 Å². The van der Waals surface area contributed by atoms with Gasteiger partial charge < -0.3 is 10.4 Å². The van der Waals surface area contributed by atoms with E-state index in [1.807, 2.05) is 27.0 Å². The average Bonchev–Trinajstić information content (AvgIpc) is 1.98. The van der Waals surface area contributed by atoms with E-state index in [4.69, 9.17) is 5.11 Å². The number of thioether (sulfide) groups is 1. The maximum absolute atomic E-state index is 11.4. The first kappa shape index (κ1) is 15.3. The standard InChI is InChI=1S/C11H21NO3S/c1-11(2,3)6-8(5-10(14)15)12-9(13)7-16-4/h8H,5-7H2,1-4H3,(H,12,13)(H,14,15). The molecule has 94 valence electrons. The van der Waals surface area contributed by atoms with E-state index in [9.17, 15) is 9.59 Å². The highest BCUT2D eigenvalue weighted by Gasteiger charge is 2.22. The van der Waals surface area contributed by atoms with Gasteiger partial charge in [0.2, 0.25) is 5.91 Å². The van der Waals surface area contributed by atoms with Gasteiger partial charge in [-0.2, -0.15) is 11.8 Å². The van der Waals surface area contributed by atoms with Crippen molar-refractivity contribution in [3.8, 4) is 0 Å². The van der Waals surface area contributed by atoms with Crippen LogP contribution in [0.5, 0.6) is 0 Å². The number of hydrogen-bond donors (Lipinski definition) is 2. The number of carboxylic acid groups (broad SMARTS) is 1. The van der Waals surface area contributed by atoms with Crippen LogP contribution in [0.3, 0.4) is 0 Å². The Morgan fingerprint density at radius 3 is 2.31 bits per heavy atom. The fourth-order valence-corrected chi connectivity index (χ4v) is 1.87. The van der Waals surface area contributed by atoms with Crippen LogP contribution in [-0.4, -0.2) is 35.0 Å². The fourth-order valence-electron chi connectivity index (χ4n) is 1.52. The number of nitrogens with one attached hydrogen (secondary N) is 1. The lowest BCUT2D eigenvalue weighted by Gasteiger charge is -2.25. The van der Waals surface area contributed by atoms with E-state index in [0.717, 1.165) is 0 Å². The first-order valence-electron chi connectivity index (χ1n) is 5.24. The van der Waals surface area contributed by atoms with Gasteiger partial charge in [-0.1, -0.05) is 20.8 Å².